The number of hydrogen-bond donors (Lipinski definition) is 2. The highest BCUT2D eigenvalue weighted by Crippen LogP contribution is 2.23. The van der Waals surface area contributed by atoms with Crippen molar-refractivity contribution in [2.24, 2.45) is 5.73 Å². The Morgan fingerprint density at radius 2 is 2.21 bits per heavy atom. The second-order valence-electron chi connectivity index (χ2n) is 3.71. The van der Waals surface area contributed by atoms with Crippen LogP contribution in [0.15, 0.2) is 6.07 Å². The Balaban J connectivity index is 2.15. The van der Waals surface area contributed by atoms with Gasteiger partial charge < -0.3 is 5.73 Å². The van der Waals surface area contributed by atoms with E-state index >= 15 is 0 Å². The lowest BCUT2D eigenvalue weighted by Gasteiger charge is -1.96. The second kappa shape index (κ2) is 5.93. The molecule has 0 saturated heterocycles. The molecule has 2 heterocycles. The summed E-state index contributed by atoms with van der Waals surface area (Å²) in [5.74, 6) is 5.55. The molecule has 2 aromatic heterocycles. The SMILES string of the molecule is Cc1nnc(NC(=O)c2cc(C)c(C#CCN)s2)s1. The maximum atomic E-state index is 12.0. The molecule has 0 aliphatic carbocycles. The van der Waals surface area contributed by atoms with Crippen molar-refractivity contribution < 1.29 is 4.79 Å². The highest BCUT2D eigenvalue weighted by molar-refractivity contribution is 7.16. The topological polar surface area (TPSA) is 80.9 Å². The van der Waals surface area contributed by atoms with Crippen molar-refractivity contribution in [2.45, 2.75) is 13.8 Å². The molecule has 0 unspecified atom stereocenters. The van der Waals surface area contributed by atoms with E-state index in [0.717, 1.165) is 15.4 Å². The molecule has 3 N–H and O–H groups in total. The molecule has 5 nitrogen and oxygen atoms in total. The number of nitrogens with zero attached hydrogens (tertiary/aromatic N) is 2. The van der Waals surface area contributed by atoms with Gasteiger partial charge >= 0.3 is 0 Å². The predicted molar refractivity (Wildman–Crippen MR) is 77.6 cm³/mol. The van der Waals surface area contributed by atoms with Crippen LogP contribution < -0.4 is 11.1 Å². The monoisotopic (exact) mass is 292 g/mol. The molecule has 2 rings (SSSR count). The number of amides is 1. The number of nitrogens with two attached hydrogens (primary N) is 1. The molecule has 2 aromatic rings. The van der Waals surface area contributed by atoms with Gasteiger partial charge in [-0.25, -0.2) is 0 Å². The number of carbonyl (C=O) groups excluding carboxylic acids is 1. The van der Waals surface area contributed by atoms with E-state index in [2.05, 4.69) is 27.4 Å². The predicted octanol–water partition coefficient (Wildman–Crippen LogP) is 1.78. The molecular formula is C12H12N4OS2. The summed E-state index contributed by atoms with van der Waals surface area (Å²) in [5.41, 5.74) is 6.31. The van der Waals surface area contributed by atoms with Crippen LogP contribution in [-0.2, 0) is 0 Å². The fraction of sp³-hybridized carbons (Fsp3) is 0.250. The van der Waals surface area contributed by atoms with Crippen molar-refractivity contribution in [3.63, 3.8) is 0 Å². The van der Waals surface area contributed by atoms with Crippen molar-refractivity contribution in [1.29, 1.82) is 0 Å². The van der Waals surface area contributed by atoms with E-state index in [9.17, 15) is 4.79 Å². The summed E-state index contributed by atoms with van der Waals surface area (Å²) >= 11 is 2.69. The van der Waals surface area contributed by atoms with E-state index in [-0.39, 0.29) is 5.91 Å². The highest BCUT2D eigenvalue weighted by Gasteiger charge is 2.13. The van der Waals surface area contributed by atoms with Gasteiger partial charge in [0.2, 0.25) is 5.13 Å². The Bertz CT molecular complexity index is 663. The third kappa shape index (κ3) is 3.38. The molecule has 19 heavy (non-hydrogen) atoms. The molecular weight excluding hydrogens is 280 g/mol. The third-order valence-electron chi connectivity index (χ3n) is 2.19. The van der Waals surface area contributed by atoms with E-state index in [4.69, 9.17) is 5.73 Å². The molecule has 0 aliphatic heterocycles. The highest BCUT2D eigenvalue weighted by atomic mass is 32.1. The number of anilines is 1. The molecule has 98 valence electrons. The van der Waals surface area contributed by atoms with Gasteiger partial charge in [-0.3, -0.25) is 10.1 Å². The summed E-state index contributed by atoms with van der Waals surface area (Å²) < 4.78 is 0. The van der Waals surface area contributed by atoms with Crippen LogP contribution in [0.2, 0.25) is 0 Å². The van der Waals surface area contributed by atoms with E-state index in [1.165, 1.54) is 22.7 Å². The minimum absolute atomic E-state index is 0.190. The number of carbonyl (C=O) groups is 1. The summed E-state index contributed by atoms with van der Waals surface area (Å²) in [4.78, 5) is 13.5. The van der Waals surface area contributed by atoms with Crippen molar-refractivity contribution in [1.82, 2.24) is 10.2 Å². The van der Waals surface area contributed by atoms with Gasteiger partial charge in [0, 0.05) is 0 Å². The summed E-state index contributed by atoms with van der Waals surface area (Å²) in [7, 11) is 0. The molecule has 7 heteroatoms. The standard InChI is InChI=1S/C12H12N4OS2/c1-7-6-10(19-9(7)4-3-5-13)11(17)14-12-16-15-8(2)18-12/h6H,5,13H2,1-2H3,(H,14,16,17). The largest absolute Gasteiger partial charge is 0.320 e. The lowest BCUT2D eigenvalue weighted by Crippen LogP contribution is -2.09. The molecule has 0 aromatic carbocycles. The van der Waals surface area contributed by atoms with Gasteiger partial charge in [-0.15, -0.1) is 21.5 Å². The molecule has 0 saturated carbocycles. The smallest absolute Gasteiger partial charge is 0.267 e. The minimum atomic E-state index is -0.190. The Morgan fingerprint density at radius 1 is 1.42 bits per heavy atom. The van der Waals surface area contributed by atoms with Crippen LogP contribution in [0.4, 0.5) is 5.13 Å². The van der Waals surface area contributed by atoms with Crippen molar-refractivity contribution in [2.75, 3.05) is 11.9 Å². The average molecular weight is 292 g/mol. The van der Waals surface area contributed by atoms with Crippen molar-refractivity contribution in [3.05, 3.63) is 26.4 Å². The fourth-order valence-corrected chi connectivity index (χ4v) is 2.88. The molecule has 0 aliphatic rings. The lowest BCUT2D eigenvalue weighted by atomic mass is 10.2. The molecule has 0 radical (unpaired) electrons. The van der Waals surface area contributed by atoms with E-state index in [1.54, 1.807) is 0 Å². The Kier molecular flexibility index (Phi) is 4.27. The van der Waals surface area contributed by atoms with Crippen molar-refractivity contribution in [3.8, 4) is 11.8 Å². The minimum Gasteiger partial charge on any atom is -0.320 e. The van der Waals surface area contributed by atoms with E-state index in [1.807, 2.05) is 19.9 Å². The van der Waals surface area contributed by atoms with Gasteiger partial charge in [-0.2, -0.15) is 0 Å². The summed E-state index contributed by atoms with van der Waals surface area (Å²) in [6.45, 7) is 4.06. The van der Waals surface area contributed by atoms with Gasteiger partial charge in [-0.1, -0.05) is 23.2 Å². The normalized spacial score (nSPS) is 9.84. The van der Waals surface area contributed by atoms with Crippen molar-refractivity contribution >= 4 is 33.7 Å². The van der Waals surface area contributed by atoms with E-state index < -0.39 is 0 Å². The zero-order chi connectivity index (χ0) is 13.8. The molecule has 0 atom stereocenters. The lowest BCUT2D eigenvalue weighted by molar-refractivity contribution is 0.103. The number of hydrogen-bond acceptors (Lipinski definition) is 6. The van der Waals surface area contributed by atoms with Crippen LogP contribution in [0.5, 0.6) is 0 Å². The number of thiophene rings is 1. The maximum Gasteiger partial charge on any atom is 0.267 e. The zero-order valence-electron chi connectivity index (χ0n) is 10.5. The van der Waals surface area contributed by atoms with Crippen LogP contribution in [0.25, 0.3) is 0 Å². The Labute approximate surface area is 118 Å². The van der Waals surface area contributed by atoms with Gasteiger partial charge in [0.05, 0.1) is 16.3 Å². The van der Waals surface area contributed by atoms with Gasteiger partial charge in [0.25, 0.3) is 5.91 Å². The number of rotatable bonds is 2. The summed E-state index contributed by atoms with van der Waals surface area (Å²) in [5, 5.41) is 11.7. The molecule has 0 spiro atoms. The Hall–Kier alpha value is -1.75. The summed E-state index contributed by atoms with van der Waals surface area (Å²) in [6, 6.07) is 1.81. The zero-order valence-corrected chi connectivity index (χ0v) is 12.1. The first-order valence-corrected chi connectivity index (χ1v) is 7.14. The van der Waals surface area contributed by atoms with Crippen LogP contribution in [-0.4, -0.2) is 22.6 Å². The number of nitrogens with one attached hydrogen (secondary N) is 1. The number of aromatic nitrogens is 2. The molecule has 1 amide bonds. The third-order valence-corrected chi connectivity index (χ3v) is 4.10. The maximum absolute atomic E-state index is 12.0. The molecule has 0 fully saturated rings. The van der Waals surface area contributed by atoms with Crippen LogP contribution in [0.3, 0.4) is 0 Å². The fourth-order valence-electron chi connectivity index (χ4n) is 1.36. The van der Waals surface area contributed by atoms with Gasteiger partial charge in [-0.05, 0) is 25.5 Å². The van der Waals surface area contributed by atoms with Crippen LogP contribution in [0, 0.1) is 25.7 Å². The van der Waals surface area contributed by atoms with Gasteiger partial charge in [0.1, 0.15) is 5.01 Å². The van der Waals surface area contributed by atoms with Crippen LogP contribution in [0.1, 0.15) is 25.1 Å². The number of aryl methyl sites for hydroxylation is 2. The quantitative estimate of drug-likeness (QED) is 0.827. The average Bonchev–Trinajstić information content (AvgIpc) is 2.93. The second-order valence-corrected chi connectivity index (χ2v) is 5.94. The first kappa shape index (κ1) is 13.7. The first-order valence-electron chi connectivity index (χ1n) is 5.51. The summed E-state index contributed by atoms with van der Waals surface area (Å²) in [6.07, 6.45) is 0. The van der Waals surface area contributed by atoms with E-state index in [0.29, 0.717) is 16.6 Å². The first-order chi connectivity index (χ1) is 9.10. The Morgan fingerprint density at radius 3 is 2.84 bits per heavy atom. The molecule has 0 bridgehead atoms. The van der Waals surface area contributed by atoms with Gasteiger partial charge in [0.15, 0.2) is 0 Å². The van der Waals surface area contributed by atoms with Crippen LogP contribution >= 0.6 is 22.7 Å².